The summed E-state index contributed by atoms with van der Waals surface area (Å²) in [6, 6.07) is 8.32. The average molecular weight is 258 g/mol. The van der Waals surface area contributed by atoms with Crippen LogP contribution in [0, 0.1) is 0 Å². The summed E-state index contributed by atoms with van der Waals surface area (Å²) in [5.41, 5.74) is 1.30. The van der Waals surface area contributed by atoms with Crippen molar-refractivity contribution in [3.05, 3.63) is 34.3 Å². The lowest BCUT2D eigenvalue weighted by molar-refractivity contribution is 0.244. The van der Waals surface area contributed by atoms with Crippen molar-refractivity contribution in [2.24, 2.45) is 0 Å². The van der Waals surface area contributed by atoms with Crippen molar-refractivity contribution >= 4 is 15.9 Å². The van der Waals surface area contributed by atoms with E-state index in [0.29, 0.717) is 0 Å². The van der Waals surface area contributed by atoms with Gasteiger partial charge in [0.25, 0.3) is 0 Å². The number of hydrogen-bond donors (Lipinski definition) is 1. The monoisotopic (exact) mass is 257 g/mol. The maximum Gasteiger partial charge on any atom is 0.0443 e. The SMILES string of the molecule is CN(CCCO)Cc1ccc(Br)cc1. The third-order valence-corrected chi connectivity index (χ3v) is 2.59. The van der Waals surface area contributed by atoms with Crippen LogP contribution >= 0.6 is 15.9 Å². The van der Waals surface area contributed by atoms with Crippen molar-refractivity contribution in [3.8, 4) is 0 Å². The van der Waals surface area contributed by atoms with Gasteiger partial charge in [-0.1, -0.05) is 28.1 Å². The molecule has 1 aromatic carbocycles. The molecule has 0 unspecified atom stereocenters. The molecular weight excluding hydrogens is 242 g/mol. The van der Waals surface area contributed by atoms with Gasteiger partial charge >= 0.3 is 0 Å². The first kappa shape index (κ1) is 11.7. The van der Waals surface area contributed by atoms with E-state index in [4.69, 9.17) is 5.11 Å². The van der Waals surface area contributed by atoms with Crippen LogP contribution in [0.2, 0.25) is 0 Å². The second kappa shape index (κ2) is 6.17. The van der Waals surface area contributed by atoms with Crippen molar-refractivity contribution in [2.75, 3.05) is 20.2 Å². The topological polar surface area (TPSA) is 23.5 Å². The van der Waals surface area contributed by atoms with Crippen LogP contribution in [-0.4, -0.2) is 30.2 Å². The van der Waals surface area contributed by atoms with Crippen molar-refractivity contribution in [1.29, 1.82) is 0 Å². The van der Waals surface area contributed by atoms with E-state index >= 15 is 0 Å². The predicted octanol–water partition coefficient (Wildman–Crippen LogP) is 2.26. The highest BCUT2D eigenvalue weighted by molar-refractivity contribution is 9.10. The highest BCUT2D eigenvalue weighted by Gasteiger charge is 1.99. The van der Waals surface area contributed by atoms with E-state index in [2.05, 4.69) is 52.1 Å². The molecule has 0 radical (unpaired) electrons. The predicted molar refractivity (Wildman–Crippen MR) is 62.2 cm³/mol. The molecule has 0 amide bonds. The van der Waals surface area contributed by atoms with Gasteiger partial charge < -0.3 is 10.0 Å². The Morgan fingerprint density at radius 1 is 1.29 bits per heavy atom. The fourth-order valence-electron chi connectivity index (χ4n) is 1.32. The molecule has 0 atom stereocenters. The summed E-state index contributed by atoms with van der Waals surface area (Å²) in [6.07, 6.45) is 0.840. The van der Waals surface area contributed by atoms with Gasteiger partial charge in [-0.15, -0.1) is 0 Å². The second-order valence-electron chi connectivity index (χ2n) is 3.44. The molecule has 1 aromatic rings. The Morgan fingerprint density at radius 3 is 2.50 bits per heavy atom. The smallest absolute Gasteiger partial charge is 0.0443 e. The van der Waals surface area contributed by atoms with Gasteiger partial charge in [0.2, 0.25) is 0 Å². The molecule has 0 bridgehead atoms. The molecule has 0 saturated carbocycles. The third-order valence-electron chi connectivity index (χ3n) is 2.06. The zero-order valence-corrected chi connectivity index (χ0v) is 10.00. The van der Waals surface area contributed by atoms with Crippen LogP contribution in [-0.2, 0) is 6.54 Å². The lowest BCUT2D eigenvalue weighted by Crippen LogP contribution is -2.19. The highest BCUT2D eigenvalue weighted by atomic mass is 79.9. The molecular formula is C11H16BrNO. The number of halogens is 1. The molecule has 0 aliphatic heterocycles. The van der Waals surface area contributed by atoms with Crippen LogP contribution in [0.4, 0.5) is 0 Å². The Kier molecular flexibility index (Phi) is 5.15. The number of hydrogen-bond acceptors (Lipinski definition) is 2. The fourth-order valence-corrected chi connectivity index (χ4v) is 1.59. The first-order valence-corrected chi connectivity index (χ1v) is 5.55. The minimum atomic E-state index is 0.269. The van der Waals surface area contributed by atoms with Crippen molar-refractivity contribution in [3.63, 3.8) is 0 Å². The van der Waals surface area contributed by atoms with Crippen LogP contribution in [0.1, 0.15) is 12.0 Å². The largest absolute Gasteiger partial charge is 0.396 e. The van der Waals surface area contributed by atoms with Gasteiger partial charge in [0.15, 0.2) is 0 Å². The van der Waals surface area contributed by atoms with Crippen LogP contribution < -0.4 is 0 Å². The summed E-state index contributed by atoms with van der Waals surface area (Å²) in [7, 11) is 2.07. The molecule has 78 valence electrons. The van der Waals surface area contributed by atoms with Gasteiger partial charge in [0.1, 0.15) is 0 Å². The van der Waals surface area contributed by atoms with Crippen LogP contribution in [0.3, 0.4) is 0 Å². The van der Waals surface area contributed by atoms with Gasteiger partial charge in [0, 0.05) is 24.2 Å². The summed E-state index contributed by atoms with van der Waals surface area (Å²) in [4.78, 5) is 2.21. The van der Waals surface area contributed by atoms with E-state index in [9.17, 15) is 0 Å². The summed E-state index contributed by atoms with van der Waals surface area (Å²) in [5, 5.41) is 8.68. The van der Waals surface area contributed by atoms with Crippen molar-refractivity contribution in [1.82, 2.24) is 4.90 Å². The quantitative estimate of drug-likeness (QED) is 0.875. The molecule has 1 N–H and O–H groups in total. The molecule has 14 heavy (non-hydrogen) atoms. The van der Waals surface area contributed by atoms with Gasteiger partial charge in [-0.05, 0) is 31.2 Å². The summed E-state index contributed by atoms with van der Waals surface area (Å²) >= 11 is 3.41. The van der Waals surface area contributed by atoms with Gasteiger partial charge in [-0.2, -0.15) is 0 Å². The fraction of sp³-hybridized carbons (Fsp3) is 0.455. The second-order valence-corrected chi connectivity index (χ2v) is 4.36. The first-order chi connectivity index (χ1) is 6.72. The minimum Gasteiger partial charge on any atom is -0.396 e. The molecule has 1 rings (SSSR count). The zero-order chi connectivity index (χ0) is 10.4. The van der Waals surface area contributed by atoms with Crippen LogP contribution in [0.15, 0.2) is 28.7 Å². The van der Waals surface area contributed by atoms with E-state index in [1.807, 2.05) is 0 Å². The normalized spacial score (nSPS) is 10.9. The van der Waals surface area contributed by atoms with E-state index in [0.717, 1.165) is 24.0 Å². The van der Waals surface area contributed by atoms with Crippen LogP contribution in [0.25, 0.3) is 0 Å². The minimum absolute atomic E-state index is 0.269. The van der Waals surface area contributed by atoms with E-state index < -0.39 is 0 Å². The van der Waals surface area contributed by atoms with Gasteiger partial charge in [-0.3, -0.25) is 0 Å². The molecule has 2 nitrogen and oxygen atoms in total. The Morgan fingerprint density at radius 2 is 1.93 bits per heavy atom. The van der Waals surface area contributed by atoms with E-state index in [1.54, 1.807) is 0 Å². The van der Waals surface area contributed by atoms with Crippen LogP contribution in [0.5, 0.6) is 0 Å². The molecule has 0 heterocycles. The Hall–Kier alpha value is -0.380. The zero-order valence-electron chi connectivity index (χ0n) is 8.41. The molecule has 0 aliphatic carbocycles. The Bertz CT molecular complexity index is 260. The number of aliphatic hydroxyl groups is 1. The summed E-state index contributed by atoms with van der Waals surface area (Å²) in [5.74, 6) is 0. The standard InChI is InChI=1S/C11H16BrNO/c1-13(7-2-8-14)9-10-3-5-11(12)6-4-10/h3-6,14H,2,7-9H2,1H3. The van der Waals surface area contributed by atoms with Gasteiger partial charge in [-0.25, -0.2) is 0 Å². The summed E-state index contributed by atoms with van der Waals surface area (Å²) in [6.45, 7) is 2.14. The maximum atomic E-state index is 8.68. The first-order valence-electron chi connectivity index (χ1n) is 4.76. The lowest BCUT2D eigenvalue weighted by Gasteiger charge is -2.15. The summed E-state index contributed by atoms with van der Waals surface area (Å²) < 4.78 is 1.11. The van der Waals surface area contributed by atoms with E-state index in [-0.39, 0.29) is 6.61 Å². The molecule has 0 spiro atoms. The molecule has 0 saturated heterocycles. The van der Waals surface area contributed by atoms with Crippen molar-refractivity contribution < 1.29 is 5.11 Å². The number of rotatable bonds is 5. The van der Waals surface area contributed by atoms with Gasteiger partial charge in [0.05, 0.1) is 0 Å². The molecule has 0 fully saturated rings. The number of benzene rings is 1. The van der Waals surface area contributed by atoms with E-state index in [1.165, 1.54) is 5.56 Å². The lowest BCUT2D eigenvalue weighted by atomic mass is 10.2. The highest BCUT2D eigenvalue weighted by Crippen LogP contribution is 2.11. The van der Waals surface area contributed by atoms with Crippen molar-refractivity contribution in [2.45, 2.75) is 13.0 Å². The number of aliphatic hydroxyl groups excluding tert-OH is 1. The average Bonchev–Trinajstić information content (AvgIpc) is 2.18. The molecule has 0 aliphatic rings. The Labute approximate surface area is 93.7 Å². The molecule has 3 heteroatoms. The Balaban J connectivity index is 2.39. The molecule has 0 aromatic heterocycles. The number of nitrogens with zero attached hydrogens (tertiary/aromatic N) is 1. The maximum absolute atomic E-state index is 8.68. The third kappa shape index (κ3) is 4.22.